The van der Waals surface area contributed by atoms with E-state index >= 15 is 0 Å². The third-order valence-electron chi connectivity index (χ3n) is 3.18. The van der Waals surface area contributed by atoms with Gasteiger partial charge in [0.1, 0.15) is 4.90 Å². The van der Waals surface area contributed by atoms with Crippen molar-refractivity contribution >= 4 is 33.2 Å². The molecule has 4 nitrogen and oxygen atoms in total. The predicted octanol–water partition coefficient (Wildman–Crippen LogP) is 2.54. The van der Waals surface area contributed by atoms with Crippen molar-refractivity contribution in [2.45, 2.75) is 36.7 Å². The molecule has 0 amide bonds. The van der Waals surface area contributed by atoms with Crippen LogP contribution in [0.25, 0.3) is 0 Å². The molecule has 0 spiro atoms. The smallest absolute Gasteiger partial charge is 0.242 e. The van der Waals surface area contributed by atoms with Crippen molar-refractivity contribution < 1.29 is 8.42 Å². The first-order valence-corrected chi connectivity index (χ1v) is 8.33. The average molecular weight is 323 g/mol. The van der Waals surface area contributed by atoms with Gasteiger partial charge in [-0.05, 0) is 37.6 Å². The largest absolute Gasteiger partial charge is 0.316 e. The number of halogens is 2. The highest BCUT2D eigenvalue weighted by Crippen LogP contribution is 2.30. The molecule has 2 rings (SSSR count). The Bertz CT molecular complexity index is 571. The van der Waals surface area contributed by atoms with E-state index in [0.29, 0.717) is 17.1 Å². The molecule has 19 heavy (non-hydrogen) atoms. The van der Waals surface area contributed by atoms with E-state index in [0.717, 1.165) is 19.3 Å². The Hall–Kier alpha value is -0.330. The van der Waals surface area contributed by atoms with Gasteiger partial charge in [0.05, 0.1) is 5.02 Å². The molecule has 1 fully saturated rings. The number of nitrogens with one attached hydrogen (secondary N) is 2. The van der Waals surface area contributed by atoms with Crippen LogP contribution in [0, 0.1) is 0 Å². The van der Waals surface area contributed by atoms with E-state index in [4.69, 9.17) is 23.2 Å². The Kier molecular flexibility index (Phi) is 4.74. The summed E-state index contributed by atoms with van der Waals surface area (Å²) in [7, 11) is -1.81. The SMILES string of the molecule is CNCc1cc(S(=O)(=O)NC2CCC2)c(Cl)cc1Cl. The second-order valence-corrected chi connectivity index (χ2v) is 7.15. The van der Waals surface area contributed by atoms with Crippen molar-refractivity contribution in [2.75, 3.05) is 7.05 Å². The lowest BCUT2D eigenvalue weighted by molar-refractivity contribution is 0.383. The van der Waals surface area contributed by atoms with Gasteiger partial charge in [0.2, 0.25) is 10.0 Å². The molecule has 7 heteroatoms. The molecule has 0 radical (unpaired) electrons. The van der Waals surface area contributed by atoms with Crippen LogP contribution in [0.2, 0.25) is 10.0 Å². The molecule has 1 aliphatic carbocycles. The van der Waals surface area contributed by atoms with Gasteiger partial charge in [-0.1, -0.05) is 29.6 Å². The Balaban J connectivity index is 2.34. The monoisotopic (exact) mass is 322 g/mol. The standard InChI is InChI=1S/C12H16Cl2N2O2S/c1-15-7-8-5-12(11(14)6-10(8)13)19(17,18)16-9-3-2-4-9/h5-6,9,15-16H,2-4,7H2,1H3. The maximum absolute atomic E-state index is 12.3. The molecule has 0 unspecified atom stereocenters. The molecule has 106 valence electrons. The zero-order valence-corrected chi connectivity index (χ0v) is 12.9. The lowest BCUT2D eigenvalue weighted by atomic mass is 9.94. The Labute approximate surface area is 123 Å². The minimum absolute atomic E-state index is 0.0319. The second kappa shape index (κ2) is 5.97. The maximum Gasteiger partial charge on any atom is 0.242 e. The van der Waals surface area contributed by atoms with Gasteiger partial charge in [-0.3, -0.25) is 0 Å². The van der Waals surface area contributed by atoms with Crippen LogP contribution in [-0.2, 0) is 16.6 Å². The van der Waals surface area contributed by atoms with Gasteiger partial charge in [-0.25, -0.2) is 13.1 Å². The first-order valence-electron chi connectivity index (χ1n) is 6.09. The van der Waals surface area contributed by atoms with Crippen LogP contribution in [0.5, 0.6) is 0 Å². The summed E-state index contributed by atoms with van der Waals surface area (Å²) in [5.41, 5.74) is 0.711. The molecule has 1 aromatic carbocycles. The number of hydrogen-bond donors (Lipinski definition) is 2. The first-order chi connectivity index (χ1) is 8.94. The van der Waals surface area contributed by atoms with Crippen molar-refractivity contribution in [3.05, 3.63) is 27.7 Å². The summed E-state index contributed by atoms with van der Waals surface area (Å²) in [5.74, 6) is 0. The fraction of sp³-hybridized carbons (Fsp3) is 0.500. The van der Waals surface area contributed by atoms with Crippen molar-refractivity contribution in [1.29, 1.82) is 0 Å². The van der Waals surface area contributed by atoms with Gasteiger partial charge in [0.15, 0.2) is 0 Å². The third kappa shape index (κ3) is 3.41. The molecule has 1 saturated carbocycles. The summed E-state index contributed by atoms with van der Waals surface area (Å²) in [6.45, 7) is 0.488. The van der Waals surface area contributed by atoms with Crippen molar-refractivity contribution in [1.82, 2.24) is 10.0 Å². The Morgan fingerprint density at radius 2 is 1.95 bits per heavy atom. The van der Waals surface area contributed by atoms with Crippen molar-refractivity contribution in [2.24, 2.45) is 0 Å². The van der Waals surface area contributed by atoms with Crippen LogP contribution in [0.3, 0.4) is 0 Å². The van der Waals surface area contributed by atoms with E-state index in [1.165, 1.54) is 12.1 Å². The summed E-state index contributed by atoms with van der Waals surface area (Å²) in [6, 6.07) is 3.04. The number of hydrogen-bond acceptors (Lipinski definition) is 3. The highest BCUT2D eigenvalue weighted by molar-refractivity contribution is 7.89. The van der Waals surface area contributed by atoms with Crippen LogP contribution in [0.4, 0.5) is 0 Å². The van der Waals surface area contributed by atoms with Crippen LogP contribution in [-0.4, -0.2) is 21.5 Å². The van der Waals surface area contributed by atoms with E-state index < -0.39 is 10.0 Å². The normalized spacial score (nSPS) is 16.4. The van der Waals surface area contributed by atoms with Crippen LogP contribution < -0.4 is 10.0 Å². The van der Waals surface area contributed by atoms with Crippen LogP contribution in [0.15, 0.2) is 17.0 Å². The summed E-state index contributed by atoms with van der Waals surface area (Å²) in [4.78, 5) is 0.0933. The zero-order valence-electron chi connectivity index (χ0n) is 10.5. The van der Waals surface area contributed by atoms with Crippen LogP contribution >= 0.6 is 23.2 Å². The fourth-order valence-electron chi connectivity index (χ4n) is 1.91. The molecule has 0 aliphatic heterocycles. The summed E-state index contributed by atoms with van der Waals surface area (Å²) >= 11 is 12.0. The van der Waals surface area contributed by atoms with E-state index in [1.807, 2.05) is 0 Å². The van der Waals surface area contributed by atoms with Gasteiger partial charge < -0.3 is 5.32 Å². The number of benzene rings is 1. The Morgan fingerprint density at radius 1 is 1.26 bits per heavy atom. The van der Waals surface area contributed by atoms with Crippen LogP contribution in [0.1, 0.15) is 24.8 Å². The highest BCUT2D eigenvalue weighted by atomic mass is 35.5. The minimum Gasteiger partial charge on any atom is -0.316 e. The van der Waals surface area contributed by atoms with Crippen molar-refractivity contribution in [3.63, 3.8) is 0 Å². The van der Waals surface area contributed by atoms with Gasteiger partial charge in [-0.15, -0.1) is 0 Å². The molecule has 1 aliphatic rings. The topological polar surface area (TPSA) is 58.2 Å². The molecule has 2 N–H and O–H groups in total. The highest BCUT2D eigenvalue weighted by Gasteiger charge is 2.26. The number of rotatable bonds is 5. The van der Waals surface area contributed by atoms with E-state index in [2.05, 4.69) is 10.0 Å². The fourth-order valence-corrected chi connectivity index (χ4v) is 4.08. The second-order valence-electron chi connectivity index (χ2n) is 4.65. The predicted molar refractivity (Wildman–Crippen MR) is 77.2 cm³/mol. The first kappa shape index (κ1) is 15.1. The third-order valence-corrected chi connectivity index (χ3v) is 5.52. The molecular formula is C12H16Cl2N2O2S. The lowest BCUT2D eigenvalue weighted by Crippen LogP contribution is -2.39. The van der Waals surface area contributed by atoms with Crippen molar-refractivity contribution in [3.8, 4) is 0 Å². The quantitative estimate of drug-likeness (QED) is 0.875. The molecule has 0 atom stereocenters. The van der Waals surface area contributed by atoms with E-state index in [9.17, 15) is 8.42 Å². The number of sulfonamides is 1. The molecular weight excluding hydrogens is 307 g/mol. The molecule has 0 aromatic heterocycles. The lowest BCUT2D eigenvalue weighted by Gasteiger charge is -2.26. The van der Waals surface area contributed by atoms with Gasteiger partial charge in [-0.2, -0.15) is 0 Å². The molecule has 0 saturated heterocycles. The van der Waals surface area contributed by atoms with Gasteiger partial charge in [0, 0.05) is 17.6 Å². The summed E-state index contributed by atoms with van der Waals surface area (Å²) in [6.07, 6.45) is 2.83. The van der Waals surface area contributed by atoms with Gasteiger partial charge in [0.25, 0.3) is 0 Å². The molecule has 0 bridgehead atoms. The Morgan fingerprint density at radius 3 is 2.47 bits per heavy atom. The summed E-state index contributed by atoms with van der Waals surface area (Å²) < 4.78 is 27.2. The van der Waals surface area contributed by atoms with Gasteiger partial charge >= 0.3 is 0 Å². The van der Waals surface area contributed by atoms with E-state index in [1.54, 1.807) is 7.05 Å². The minimum atomic E-state index is -3.58. The van der Waals surface area contributed by atoms with E-state index in [-0.39, 0.29) is 16.0 Å². The average Bonchev–Trinajstić information content (AvgIpc) is 2.27. The maximum atomic E-state index is 12.3. The zero-order chi connectivity index (χ0) is 14.0. The molecule has 1 aromatic rings. The summed E-state index contributed by atoms with van der Waals surface area (Å²) in [5, 5.41) is 3.55. The molecule has 0 heterocycles.